The minimum atomic E-state index is -0.645. The molecule has 35 heavy (non-hydrogen) atoms. The number of nitrogens with one attached hydrogen (secondary N) is 1. The Balaban J connectivity index is 1.29. The highest BCUT2D eigenvalue weighted by atomic mass is 19.1. The molecular formula is C26H27FN4O4. The third kappa shape index (κ3) is 4.76. The molecule has 2 amide bonds. The number of carbonyl (C=O) groups is 2. The first-order valence-corrected chi connectivity index (χ1v) is 12.0. The molecular weight excluding hydrogens is 451 g/mol. The van der Waals surface area contributed by atoms with Gasteiger partial charge in [0.2, 0.25) is 11.8 Å². The van der Waals surface area contributed by atoms with Gasteiger partial charge in [0.1, 0.15) is 11.6 Å². The second-order valence-electron chi connectivity index (χ2n) is 9.10. The van der Waals surface area contributed by atoms with Crippen LogP contribution in [0.2, 0.25) is 0 Å². The molecule has 8 nitrogen and oxygen atoms in total. The van der Waals surface area contributed by atoms with Gasteiger partial charge >= 0.3 is 0 Å². The molecule has 2 aliphatic rings. The lowest BCUT2D eigenvalue weighted by atomic mass is 9.94. The van der Waals surface area contributed by atoms with Crippen LogP contribution in [0.25, 0.3) is 10.8 Å². The van der Waals surface area contributed by atoms with Crippen LogP contribution < -0.4 is 10.3 Å². The fourth-order valence-electron chi connectivity index (χ4n) is 4.88. The van der Waals surface area contributed by atoms with Crippen molar-refractivity contribution < 1.29 is 18.7 Å². The van der Waals surface area contributed by atoms with Crippen LogP contribution in [0.4, 0.5) is 4.39 Å². The van der Waals surface area contributed by atoms with Gasteiger partial charge in [0.25, 0.3) is 11.5 Å². The molecule has 2 aromatic carbocycles. The zero-order valence-corrected chi connectivity index (χ0v) is 19.3. The van der Waals surface area contributed by atoms with Crippen molar-refractivity contribution in [1.29, 1.82) is 0 Å². The van der Waals surface area contributed by atoms with Crippen molar-refractivity contribution in [2.24, 2.45) is 5.92 Å². The maximum absolute atomic E-state index is 14.6. The Morgan fingerprint density at radius 3 is 2.40 bits per heavy atom. The van der Waals surface area contributed by atoms with Gasteiger partial charge in [-0.1, -0.05) is 12.1 Å². The van der Waals surface area contributed by atoms with Crippen LogP contribution in [-0.4, -0.2) is 58.0 Å². The standard InChI is InChI=1S/C26H27FN4O4/c27-22-9-8-18(35-24-20-7-3-2-6-19(20)23(32)28-29-24)16-21(22)26(34)31-14-10-17(11-15-31)25(33)30-12-4-1-5-13-30/h2-3,6-9,16-17H,1,4-5,10-15H2,(H,28,32). The van der Waals surface area contributed by atoms with Gasteiger partial charge < -0.3 is 14.5 Å². The number of hydrogen-bond acceptors (Lipinski definition) is 5. The minimum Gasteiger partial charge on any atom is -0.437 e. The highest BCUT2D eigenvalue weighted by molar-refractivity contribution is 5.95. The fourth-order valence-corrected chi connectivity index (χ4v) is 4.88. The fraction of sp³-hybridized carbons (Fsp3) is 0.385. The van der Waals surface area contributed by atoms with E-state index >= 15 is 0 Å². The number of piperidine rings is 2. The van der Waals surface area contributed by atoms with E-state index in [1.54, 1.807) is 29.2 Å². The predicted octanol–water partition coefficient (Wildman–Crippen LogP) is 3.72. The van der Waals surface area contributed by atoms with E-state index in [2.05, 4.69) is 10.2 Å². The molecule has 0 unspecified atom stereocenters. The van der Waals surface area contributed by atoms with Crippen LogP contribution >= 0.6 is 0 Å². The Morgan fingerprint density at radius 2 is 1.66 bits per heavy atom. The van der Waals surface area contributed by atoms with Crippen molar-refractivity contribution in [3.63, 3.8) is 0 Å². The molecule has 9 heteroatoms. The smallest absolute Gasteiger partial charge is 0.272 e. The first-order valence-electron chi connectivity index (χ1n) is 12.0. The van der Waals surface area contributed by atoms with Gasteiger partial charge in [0.05, 0.1) is 16.3 Å². The molecule has 1 aromatic heterocycles. The molecule has 0 saturated carbocycles. The number of fused-ring (bicyclic) bond motifs is 1. The molecule has 1 N–H and O–H groups in total. The van der Waals surface area contributed by atoms with Crippen LogP contribution in [0.15, 0.2) is 47.3 Å². The summed E-state index contributed by atoms with van der Waals surface area (Å²) in [4.78, 5) is 41.5. The van der Waals surface area contributed by atoms with E-state index in [0.29, 0.717) is 36.7 Å². The van der Waals surface area contributed by atoms with Gasteiger partial charge in [0, 0.05) is 32.1 Å². The van der Waals surface area contributed by atoms with Crippen molar-refractivity contribution in [3.8, 4) is 11.6 Å². The van der Waals surface area contributed by atoms with E-state index in [1.807, 2.05) is 4.90 Å². The summed E-state index contributed by atoms with van der Waals surface area (Å²) in [6.07, 6.45) is 4.41. The Bertz CT molecular complexity index is 1310. The number of rotatable bonds is 4. The summed E-state index contributed by atoms with van der Waals surface area (Å²) in [7, 11) is 0. The zero-order chi connectivity index (χ0) is 24.4. The van der Waals surface area contributed by atoms with Crippen molar-refractivity contribution >= 4 is 22.6 Å². The Morgan fingerprint density at radius 1 is 0.943 bits per heavy atom. The van der Waals surface area contributed by atoms with E-state index in [4.69, 9.17) is 4.74 Å². The quantitative estimate of drug-likeness (QED) is 0.617. The summed E-state index contributed by atoms with van der Waals surface area (Å²) in [5.74, 6) is -0.601. The van der Waals surface area contributed by atoms with Crippen LogP contribution in [0.3, 0.4) is 0 Å². The van der Waals surface area contributed by atoms with Crippen molar-refractivity contribution in [2.75, 3.05) is 26.2 Å². The van der Waals surface area contributed by atoms with Crippen LogP contribution in [0.1, 0.15) is 42.5 Å². The summed E-state index contributed by atoms with van der Waals surface area (Å²) in [6, 6.07) is 10.8. The Hall–Kier alpha value is -3.75. The first kappa shape index (κ1) is 23.0. The van der Waals surface area contributed by atoms with E-state index in [-0.39, 0.29) is 34.6 Å². The van der Waals surface area contributed by atoms with Gasteiger partial charge in [-0.15, -0.1) is 5.10 Å². The first-order chi connectivity index (χ1) is 17.0. The lowest BCUT2D eigenvalue weighted by Gasteiger charge is -2.35. The molecule has 182 valence electrons. The monoisotopic (exact) mass is 478 g/mol. The highest BCUT2D eigenvalue weighted by Crippen LogP contribution is 2.28. The summed E-state index contributed by atoms with van der Waals surface area (Å²) < 4.78 is 20.5. The van der Waals surface area contributed by atoms with Crippen LogP contribution in [0, 0.1) is 11.7 Å². The second-order valence-corrected chi connectivity index (χ2v) is 9.10. The molecule has 3 aromatic rings. The Kier molecular flexibility index (Phi) is 6.48. The maximum atomic E-state index is 14.6. The predicted molar refractivity (Wildman–Crippen MR) is 128 cm³/mol. The van der Waals surface area contributed by atoms with Gasteiger partial charge in [-0.25, -0.2) is 9.49 Å². The molecule has 2 aliphatic heterocycles. The molecule has 0 bridgehead atoms. The Labute approximate surface area is 201 Å². The number of hydrogen-bond donors (Lipinski definition) is 1. The number of nitrogens with zero attached hydrogens (tertiary/aromatic N) is 3. The van der Waals surface area contributed by atoms with E-state index < -0.39 is 11.7 Å². The molecule has 2 fully saturated rings. The zero-order valence-electron chi connectivity index (χ0n) is 19.3. The number of aromatic amines is 1. The average molecular weight is 479 g/mol. The van der Waals surface area contributed by atoms with Gasteiger partial charge in [-0.3, -0.25) is 14.4 Å². The molecule has 0 radical (unpaired) electrons. The number of benzene rings is 2. The largest absolute Gasteiger partial charge is 0.437 e. The number of likely N-dealkylation sites (tertiary alicyclic amines) is 2. The van der Waals surface area contributed by atoms with E-state index in [0.717, 1.165) is 25.9 Å². The third-order valence-corrected chi connectivity index (χ3v) is 6.84. The lowest BCUT2D eigenvalue weighted by molar-refractivity contribution is -0.137. The van der Waals surface area contributed by atoms with E-state index in [1.165, 1.54) is 24.6 Å². The van der Waals surface area contributed by atoms with Crippen LogP contribution in [0.5, 0.6) is 11.6 Å². The molecule has 2 saturated heterocycles. The topological polar surface area (TPSA) is 95.6 Å². The SMILES string of the molecule is O=C(c1cc(Oc2n[nH]c(=O)c3ccccc23)ccc1F)N1CCC(C(=O)N2CCCCC2)CC1. The second kappa shape index (κ2) is 9.85. The summed E-state index contributed by atoms with van der Waals surface area (Å²) in [6.45, 7) is 2.43. The number of ether oxygens (including phenoxy) is 1. The molecule has 0 atom stereocenters. The van der Waals surface area contributed by atoms with Crippen molar-refractivity contribution in [1.82, 2.24) is 20.0 Å². The van der Waals surface area contributed by atoms with Crippen molar-refractivity contribution in [2.45, 2.75) is 32.1 Å². The number of aromatic nitrogens is 2. The van der Waals surface area contributed by atoms with E-state index in [9.17, 15) is 18.8 Å². The maximum Gasteiger partial charge on any atom is 0.272 e. The van der Waals surface area contributed by atoms with Crippen LogP contribution in [-0.2, 0) is 4.79 Å². The molecule has 0 aliphatic carbocycles. The molecule has 0 spiro atoms. The minimum absolute atomic E-state index is 0.0868. The van der Waals surface area contributed by atoms with Crippen molar-refractivity contribution in [3.05, 3.63) is 64.2 Å². The summed E-state index contributed by atoms with van der Waals surface area (Å²) in [5.41, 5.74) is -0.442. The number of amides is 2. The lowest BCUT2D eigenvalue weighted by Crippen LogP contribution is -2.45. The number of H-pyrrole nitrogens is 1. The van der Waals surface area contributed by atoms with Gasteiger partial charge in [-0.2, -0.15) is 0 Å². The summed E-state index contributed by atoms with van der Waals surface area (Å²) >= 11 is 0. The number of carbonyl (C=O) groups excluding carboxylic acids is 2. The highest BCUT2D eigenvalue weighted by Gasteiger charge is 2.31. The number of halogens is 1. The van der Waals surface area contributed by atoms with Gasteiger partial charge in [0.15, 0.2) is 0 Å². The van der Waals surface area contributed by atoms with Gasteiger partial charge in [-0.05, 0) is 62.4 Å². The normalized spacial score (nSPS) is 16.9. The summed E-state index contributed by atoms with van der Waals surface area (Å²) in [5, 5.41) is 7.28. The molecule has 3 heterocycles. The average Bonchev–Trinajstić information content (AvgIpc) is 2.91. The third-order valence-electron chi connectivity index (χ3n) is 6.84. The molecule has 5 rings (SSSR count).